The van der Waals surface area contributed by atoms with Gasteiger partial charge < -0.3 is 25.2 Å². The van der Waals surface area contributed by atoms with Crippen LogP contribution in [0.5, 0.6) is 5.75 Å². The Morgan fingerprint density at radius 3 is 2.67 bits per heavy atom. The Morgan fingerprint density at radius 1 is 1.33 bits per heavy atom. The SMILES string of the molecule is OCC1CC(O)C(O)C(c2ccc(F)c(O)c2)O1. The van der Waals surface area contributed by atoms with Crippen LogP contribution in [0.15, 0.2) is 18.2 Å². The van der Waals surface area contributed by atoms with Gasteiger partial charge in [-0.15, -0.1) is 0 Å². The first-order valence-electron chi connectivity index (χ1n) is 5.63. The molecule has 0 aromatic heterocycles. The van der Waals surface area contributed by atoms with Gasteiger partial charge in [-0.2, -0.15) is 0 Å². The lowest BCUT2D eigenvalue weighted by atomic mass is 9.93. The number of aliphatic hydroxyl groups excluding tert-OH is 3. The van der Waals surface area contributed by atoms with Crippen molar-refractivity contribution in [1.82, 2.24) is 0 Å². The summed E-state index contributed by atoms with van der Waals surface area (Å²) in [4.78, 5) is 0. The average molecular weight is 258 g/mol. The topological polar surface area (TPSA) is 90.2 Å². The van der Waals surface area contributed by atoms with Gasteiger partial charge in [0.25, 0.3) is 0 Å². The molecular weight excluding hydrogens is 243 g/mol. The maximum atomic E-state index is 12.9. The van der Waals surface area contributed by atoms with Crippen molar-refractivity contribution in [2.75, 3.05) is 6.61 Å². The fourth-order valence-electron chi connectivity index (χ4n) is 2.05. The molecule has 100 valence electrons. The van der Waals surface area contributed by atoms with Crippen LogP contribution in [0, 0.1) is 5.82 Å². The van der Waals surface area contributed by atoms with Crippen LogP contribution in [0.25, 0.3) is 0 Å². The molecular formula is C12H15FO5. The summed E-state index contributed by atoms with van der Waals surface area (Å²) in [7, 11) is 0. The molecule has 0 amide bonds. The molecule has 1 aromatic carbocycles. The lowest BCUT2D eigenvalue weighted by Crippen LogP contribution is -2.44. The molecule has 4 atom stereocenters. The fraction of sp³-hybridized carbons (Fsp3) is 0.500. The third-order valence-corrected chi connectivity index (χ3v) is 3.05. The average Bonchev–Trinajstić information content (AvgIpc) is 2.36. The van der Waals surface area contributed by atoms with Crippen LogP contribution in [-0.2, 0) is 4.74 Å². The third-order valence-electron chi connectivity index (χ3n) is 3.05. The molecule has 1 saturated heterocycles. The summed E-state index contributed by atoms with van der Waals surface area (Å²) in [5.41, 5.74) is 0.346. The molecule has 1 aliphatic heterocycles. The second-order valence-corrected chi connectivity index (χ2v) is 4.37. The van der Waals surface area contributed by atoms with Gasteiger partial charge in [0.05, 0.1) is 18.8 Å². The van der Waals surface area contributed by atoms with Crippen LogP contribution in [0.3, 0.4) is 0 Å². The maximum Gasteiger partial charge on any atom is 0.164 e. The number of benzene rings is 1. The maximum absolute atomic E-state index is 12.9. The number of aromatic hydroxyl groups is 1. The van der Waals surface area contributed by atoms with Crippen molar-refractivity contribution in [2.45, 2.75) is 30.8 Å². The van der Waals surface area contributed by atoms with Crippen molar-refractivity contribution in [1.29, 1.82) is 0 Å². The summed E-state index contributed by atoms with van der Waals surface area (Å²) in [6.45, 7) is -0.284. The van der Waals surface area contributed by atoms with E-state index in [2.05, 4.69) is 0 Å². The van der Waals surface area contributed by atoms with Gasteiger partial charge in [0.2, 0.25) is 0 Å². The first-order valence-corrected chi connectivity index (χ1v) is 5.63. The highest BCUT2D eigenvalue weighted by Crippen LogP contribution is 2.33. The molecule has 4 unspecified atom stereocenters. The monoisotopic (exact) mass is 258 g/mol. The van der Waals surface area contributed by atoms with Crippen molar-refractivity contribution in [2.24, 2.45) is 0 Å². The van der Waals surface area contributed by atoms with Crippen molar-refractivity contribution < 1.29 is 29.6 Å². The molecule has 0 aliphatic carbocycles. The van der Waals surface area contributed by atoms with Crippen molar-refractivity contribution in [3.63, 3.8) is 0 Å². The van der Waals surface area contributed by atoms with Gasteiger partial charge in [0, 0.05) is 6.42 Å². The van der Waals surface area contributed by atoms with Crippen molar-refractivity contribution in [3.05, 3.63) is 29.6 Å². The Bertz CT molecular complexity index is 425. The standard InChI is InChI=1S/C12H15FO5/c13-8-2-1-6(3-9(8)15)12-11(17)10(16)4-7(5-14)18-12/h1-3,7,10-12,14-17H,4-5H2. The first kappa shape index (κ1) is 13.2. The predicted molar refractivity (Wildman–Crippen MR) is 59.4 cm³/mol. The van der Waals surface area contributed by atoms with Crippen LogP contribution < -0.4 is 0 Å². The van der Waals surface area contributed by atoms with Gasteiger partial charge >= 0.3 is 0 Å². The minimum Gasteiger partial charge on any atom is -0.505 e. The zero-order valence-corrected chi connectivity index (χ0v) is 9.53. The van der Waals surface area contributed by atoms with E-state index in [0.29, 0.717) is 5.56 Å². The number of ether oxygens (including phenoxy) is 1. The Morgan fingerprint density at radius 2 is 2.06 bits per heavy atom. The van der Waals surface area contributed by atoms with Gasteiger partial charge in [-0.3, -0.25) is 0 Å². The molecule has 1 fully saturated rings. The van der Waals surface area contributed by atoms with E-state index in [4.69, 9.17) is 9.84 Å². The van der Waals surface area contributed by atoms with E-state index in [-0.39, 0.29) is 13.0 Å². The van der Waals surface area contributed by atoms with E-state index in [1.807, 2.05) is 0 Å². The summed E-state index contributed by atoms with van der Waals surface area (Å²) in [6, 6.07) is 3.54. The molecule has 2 rings (SSSR count). The van der Waals surface area contributed by atoms with Crippen LogP contribution >= 0.6 is 0 Å². The molecule has 0 spiro atoms. The number of aliphatic hydroxyl groups is 3. The lowest BCUT2D eigenvalue weighted by Gasteiger charge is -2.36. The van der Waals surface area contributed by atoms with Gasteiger partial charge in [-0.05, 0) is 17.7 Å². The highest BCUT2D eigenvalue weighted by molar-refractivity contribution is 5.31. The number of hydrogen-bond acceptors (Lipinski definition) is 5. The van der Waals surface area contributed by atoms with E-state index in [0.717, 1.165) is 12.1 Å². The Labute approximate surface area is 103 Å². The molecule has 18 heavy (non-hydrogen) atoms. The van der Waals surface area contributed by atoms with Crippen LogP contribution in [-0.4, -0.2) is 45.3 Å². The summed E-state index contributed by atoms with van der Waals surface area (Å²) in [6.07, 6.45) is -3.59. The molecule has 1 aliphatic rings. The molecule has 1 aromatic rings. The highest BCUT2D eigenvalue weighted by Gasteiger charge is 2.37. The number of hydrogen-bond donors (Lipinski definition) is 4. The minimum absolute atomic E-state index is 0.126. The zero-order chi connectivity index (χ0) is 13.3. The molecule has 0 bridgehead atoms. The first-order chi connectivity index (χ1) is 8.52. The van der Waals surface area contributed by atoms with E-state index < -0.39 is 36.0 Å². The fourth-order valence-corrected chi connectivity index (χ4v) is 2.05. The van der Waals surface area contributed by atoms with Crippen molar-refractivity contribution >= 4 is 0 Å². The van der Waals surface area contributed by atoms with E-state index in [1.54, 1.807) is 0 Å². The highest BCUT2D eigenvalue weighted by atomic mass is 19.1. The number of phenolic OH excluding ortho intramolecular Hbond substituents is 1. The van der Waals surface area contributed by atoms with Crippen LogP contribution in [0.1, 0.15) is 18.1 Å². The largest absolute Gasteiger partial charge is 0.505 e. The third kappa shape index (κ3) is 2.46. The van der Waals surface area contributed by atoms with Gasteiger partial charge in [0.15, 0.2) is 11.6 Å². The van der Waals surface area contributed by atoms with E-state index in [9.17, 15) is 19.7 Å². The van der Waals surface area contributed by atoms with Crippen LogP contribution in [0.4, 0.5) is 4.39 Å². The molecule has 1 heterocycles. The normalized spacial score (nSPS) is 32.4. The summed E-state index contributed by atoms with van der Waals surface area (Å²) < 4.78 is 18.3. The Hall–Kier alpha value is -1.21. The quantitative estimate of drug-likeness (QED) is 0.603. The van der Waals surface area contributed by atoms with Gasteiger partial charge in [0.1, 0.15) is 12.2 Å². The summed E-state index contributed by atoms with van der Waals surface area (Å²) in [5.74, 6) is -1.33. The number of phenols is 1. The molecule has 5 nitrogen and oxygen atoms in total. The van der Waals surface area contributed by atoms with E-state index >= 15 is 0 Å². The summed E-state index contributed by atoms with van der Waals surface area (Å²) in [5, 5.41) is 37.8. The molecule has 0 saturated carbocycles. The van der Waals surface area contributed by atoms with Gasteiger partial charge in [-0.1, -0.05) is 6.07 Å². The predicted octanol–water partition coefficient (Wildman–Crippen LogP) is 0.0754. The number of rotatable bonds is 2. The van der Waals surface area contributed by atoms with Gasteiger partial charge in [-0.25, -0.2) is 4.39 Å². The zero-order valence-electron chi connectivity index (χ0n) is 9.53. The Balaban J connectivity index is 2.26. The van der Waals surface area contributed by atoms with E-state index in [1.165, 1.54) is 6.07 Å². The minimum atomic E-state index is -1.18. The second kappa shape index (κ2) is 5.19. The number of halogens is 1. The Kier molecular flexibility index (Phi) is 3.82. The van der Waals surface area contributed by atoms with Crippen molar-refractivity contribution in [3.8, 4) is 5.75 Å². The lowest BCUT2D eigenvalue weighted by molar-refractivity contribution is -0.179. The van der Waals surface area contributed by atoms with Crippen LogP contribution in [0.2, 0.25) is 0 Å². The molecule has 6 heteroatoms. The summed E-state index contributed by atoms with van der Waals surface area (Å²) >= 11 is 0. The smallest absolute Gasteiger partial charge is 0.164 e. The second-order valence-electron chi connectivity index (χ2n) is 4.37. The molecule has 0 radical (unpaired) electrons. The molecule has 4 N–H and O–H groups in total.